The second-order valence-corrected chi connectivity index (χ2v) is 11.4. The van der Waals surface area contributed by atoms with Gasteiger partial charge in [-0.25, -0.2) is 14.8 Å². The lowest BCUT2D eigenvalue weighted by molar-refractivity contribution is 0.206. The van der Waals surface area contributed by atoms with Crippen LogP contribution in [0.3, 0.4) is 0 Å². The van der Waals surface area contributed by atoms with Gasteiger partial charge in [0.15, 0.2) is 5.82 Å². The number of pyridine rings is 1. The minimum Gasteiger partial charge on any atom is -0.320 e. The van der Waals surface area contributed by atoms with Gasteiger partial charge in [-0.1, -0.05) is 37.3 Å². The van der Waals surface area contributed by atoms with E-state index in [9.17, 15) is 4.79 Å². The van der Waals surface area contributed by atoms with Crippen molar-refractivity contribution in [2.75, 3.05) is 11.9 Å². The molecule has 0 fully saturated rings. The Morgan fingerprint density at radius 3 is 2.62 bits per heavy atom. The van der Waals surface area contributed by atoms with Crippen LogP contribution in [0.15, 0.2) is 79.1 Å². The van der Waals surface area contributed by atoms with Crippen LogP contribution in [0.5, 0.6) is 0 Å². The first-order valence-electron chi connectivity index (χ1n) is 13.6. The maximum Gasteiger partial charge on any atom is 0.322 e. The summed E-state index contributed by atoms with van der Waals surface area (Å²) in [4.78, 5) is 32.2. The Labute approximate surface area is 238 Å². The van der Waals surface area contributed by atoms with Crippen molar-refractivity contribution in [2.24, 2.45) is 0 Å². The van der Waals surface area contributed by atoms with Crippen molar-refractivity contribution in [2.45, 2.75) is 40.2 Å². The Bertz CT molecular complexity index is 1690. The van der Waals surface area contributed by atoms with Gasteiger partial charge in [0.1, 0.15) is 0 Å². The van der Waals surface area contributed by atoms with Gasteiger partial charge in [0.2, 0.25) is 0 Å². The summed E-state index contributed by atoms with van der Waals surface area (Å²) in [5.74, 6) is 0.663. The first-order valence-corrected chi connectivity index (χ1v) is 14.4. The molecule has 2 amide bonds. The quantitative estimate of drug-likeness (QED) is 0.246. The highest BCUT2D eigenvalue weighted by molar-refractivity contribution is 7.15. The fraction of sp³-hybridized carbons (Fsp3) is 0.212. The number of thiophene rings is 1. The van der Waals surface area contributed by atoms with Crippen molar-refractivity contribution in [3.8, 4) is 33.1 Å². The molecule has 6 rings (SSSR count). The van der Waals surface area contributed by atoms with Crippen LogP contribution in [0.2, 0.25) is 0 Å². The number of fused-ring (bicyclic) bond motifs is 1. The van der Waals surface area contributed by atoms with Crippen molar-refractivity contribution in [1.82, 2.24) is 19.9 Å². The molecule has 0 bridgehead atoms. The van der Waals surface area contributed by atoms with Crippen LogP contribution in [0.25, 0.3) is 33.1 Å². The van der Waals surface area contributed by atoms with Crippen molar-refractivity contribution in [3.05, 3.63) is 106 Å². The van der Waals surface area contributed by atoms with Gasteiger partial charge in [-0.15, -0.1) is 11.3 Å². The van der Waals surface area contributed by atoms with Gasteiger partial charge in [-0.2, -0.15) is 0 Å². The SMILES string of the molecule is CCc1cc(NC(=O)N2CCc3nc(-c4cccnc4)nc(-c4ccccc4C)c3C2)cc(-c2ccc(C)s2)c1. The van der Waals surface area contributed by atoms with Gasteiger partial charge in [0.05, 0.1) is 17.9 Å². The van der Waals surface area contributed by atoms with E-state index >= 15 is 0 Å². The highest BCUT2D eigenvalue weighted by Gasteiger charge is 2.27. The van der Waals surface area contributed by atoms with E-state index in [1.165, 1.54) is 15.3 Å². The minimum atomic E-state index is -0.112. The minimum absolute atomic E-state index is 0.112. The summed E-state index contributed by atoms with van der Waals surface area (Å²) in [7, 11) is 0. The zero-order valence-electron chi connectivity index (χ0n) is 22.9. The normalized spacial score (nSPS) is 12.7. The van der Waals surface area contributed by atoms with Crippen LogP contribution in [0, 0.1) is 13.8 Å². The summed E-state index contributed by atoms with van der Waals surface area (Å²) in [5.41, 5.74) is 9.08. The maximum atomic E-state index is 13.6. The Kier molecular flexibility index (Phi) is 7.13. The summed E-state index contributed by atoms with van der Waals surface area (Å²) in [6, 6.07) is 22.6. The first kappa shape index (κ1) is 25.9. The maximum absolute atomic E-state index is 13.6. The molecular weight excluding hydrogens is 514 g/mol. The summed E-state index contributed by atoms with van der Waals surface area (Å²) < 4.78 is 0. The lowest BCUT2D eigenvalue weighted by Crippen LogP contribution is -2.39. The molecule has 0 spiro atoms. The van der Waals surface area contributed by atoms with E-state index in [1.54, 1.807) is 23.7 Å². The number of hydrogen-bond donors (Lipinski definition) is 1. The molecule has 5 aromatic rings. The van der Waals surface area contributed by atoms with Crippen molar-refractivity contribution >= 4 is 23.1 Å². The second kappa shape index (κ2) is 11.0. The Hall–Kier alpha value is -4.36. The molecule has 0 atom stereocenters. The van der Waals surface area contributed by atoms with E-state index < -0.39 is 0 Å². The van der Waals surface area contributed by atoms with Gasteiger partial charge in [0, 0.05) is 57.5 Å². The number of carbonyl (C=O) groups excluding carboxylic acids is 1. The third-order valence-electron chi connectivity index (χ3n) is 7.34. The number of nitrogens with zero attached hydrogens (tertiary/aromatic N) is 4. The van der Waals surface area contributed by atoms with E-state index in [1.807, 2.05) is 29.2 Å². The third kappa shape index (κ3) is 5.25. The van der Waals surface area contributed by atoms with Gasteiger partial charge in [0.25, 0.3) is 0 Å². The molecule has 1 N–H and O–H groups in total. The van der Waals surface area contributed by atoms with Gasteiger partial charge < -0.3 is 10.2 Å². The van der Waals surface area contributed by atoms with Crippen LogP contribution >= 0.6 is 11.3 Å². The van der Waals surface area contributed by atoms with Gasteiger partial charge in [-0.3, -0.25) is 4.98 Å². The van der Waals surface area contributed by atoms with Crippen molar-refractivity contribution in [3.63, 3.8) is 0 Å². The number of aryl methyl sites for hydroxylation is 3. The molecule has 4 heterocycles. The molecule has 1 aliphatic heterocycles. The number of urea groups is 1. The van der Waals surface area contributed by atoms with E-state index in [-0.39, 0.29) is 6.03 Å². The average molecular weight is 546 g/mol. The van der Waals surface area contributed by atoms with Crippen LogP contribution in [-0.2, 0) is 19.4 Å². The van der Waals surface area contributed by atoms with Crippen molar-refractivity contribution < 1.29 is 4.79 Å². The molecule has 0 saturated carbocycles. The van der Waals surface area contributed by atoms with Crippen LogP contribution < -0.4 is 5.32 Å². The summed E-state index contributed by atoms with van der Waals surface area (Å²) >= 11 is 1.77. The molecule has 6 nitrogen and oxygen atoms in total. The van der Waals surface area contributed by atoms with Crippen LogP contribution in [0.4, 0.5) is 10.5 Å². The molecule has 200 valence electrons. The topological polar surface area (TPSA) is 71.0 Å². The van der Waals surface area contributed by atoms with Gasteiger partial charge >= 0.3 is 6.03 Å². The van der Waals surface area contributed by atoms with E-state index in [4.69, 9.17) is 9.97 Å². The zero-order chi connectivity index (χ0) is 27.6. The number of amides is 2. The fourth-order valence-electron chi connectivity index (χ4n) is 5.18. The standard InChI is InChI=1S/C33H31N5OS/c1-4-23-16-25(30-12-11-22(3)40-30)18-26(17-23)35-33(39)38-15-13-29-28(20-38)31(27-10-6-5-8-21(27)2)37-32(36-29)24-9-7-14-34-19-24/h5-12,14,16-19H,4,13,15,20H2,1-3H3,(H,35,39). The molecule has 1 aliphatic rings. The fourth-order valence-corrected chi connectivity index (χ4v) is 6.03. The summed E-state index contributed by atoms with van der Waals surface area (Å²) in [6.45, 7) is 7.37. The van der Waals surface area contributed by atoms with E-state index in [0.29, 0.717) is 25.3 Å². The largest absolute Gasteiger partial charge is 0.322 e. The molecule has 7 heteroatoms. The second-order valence-electron chi connectivity index (χ2n) is 10.2. The van der Waals surface area contributed by atoms with E-state index in [0.717, 1.165) is 51.3 Å². The molecule has 2 aromatic carbocycles. The molecule has 0 saturated heterocycles. The summed E-state index contributed by atoms with van der Waals surface area (Å²) in [6.07, 6.45) is 5.10. The monoisotopic (exact) mass is 545 g/mol. The Morgan fingerprint density at radius 1 is 1.00 bits per heavy atom. The third-order valence-corrected chi connectivity index (χ3v) is 8.39. The highest BCUT2D eigenvalue weighted by Crippen LogP contribution is 2.34. The van der Waals surface area contributed by atoms with Crippen molar-refractivity contribution in [1.29, 1.82) is 0 Å². The number of carbonyl (C=O) groups is 1. The molecule has 0 aliphatic carbocycles. The van der Waals surface area contributed by atoms with E-state index in [2.05, 4.69) is 73.5 Å². The number of anilines is 1. The highest BCUT2D eigenvalue weighted by atomic mass is 32.1. The molecule has 0 radical (unpaired) electrons. The smallest absolute Gasteiger partial charge is 0.320 e. The lowest BCUT2D eigenvalue weighted by atomic mass is 9.96. The van der Waals surface area contributed by atoms with Gasteiger partial charge in [-0.05, 0) is 73.4 Å². The number of benzene rings is 2. The molecule has 0 unspecified atom stereocenters. The Balaban J connectivity index is 1.32. The number of hydrogen-bond acceptors (Lipinski definition) is 5. The molecule has 40 heavy (non-hydrogen) atoms. The molecule has 3 aromatic heterocycles. The Morgan fingerprint density at radius 2 is 1.88 bits per heavy atom. The molecular formula is C33H31N5OS. The predicted molar refractivity (Wildman–Crippen MR) is 162 cm³/mol. The predicted octanol–water partition coefficient (Wildman–Crippen LogP) is 7.70. The summed E-state index contributed by atoms with van der Waals surface area (Å²) in [5, 5.41) is 3.18. The van der Waals surface area contributed by atoms with Crippen LogP contribution in [0.1, 0.15) is 34.2 Å². The zero-order valence-corrected chi connectivity index (χ0v) is 23.8. The average Bonchev–Trinajstić information content (AvgIpc) is 3.43. The number of nitrogens with one attached hydrogen (secondary N) is 1. The first-order chi connectivity index (χ1) is 19.5. The number of rotatable bonds is 5. The lowest BCUT2D eigenvalue weighted by Gasteiger charge is -2.30. The number of aromatic nitrogens is 3. The van der Waals surface area contributed by atoms with Crippen LogP contribution in [-0.4, -0.2) is 32.4 Å².